The summed E-state index contributed by atoms with van der Waals surface area (Å²) in [5.41, 5.74) is 2.71. The lowest BCUT2D eigenvalue weighted by atomic mass is 9.92. The quantitative estimate of drug-likeness (QED) is 0.641. The molecule has 3 aromatic rings. The Hall–Kier alpha value is -2.71. The molecule has 0 unspecified atom stereocenters. The van der Waals surface area contributed by atoms with Crippen molar-refractivity contribution in [3.05, 3.63) is 65.5 Å². The van der Waals surface area contributed by atoms with Crippen LogP contribution in [0.3, 0.4) is 0 Å². The van der Waals surface area contributed by atoms with E-state index in [1.54, 1.807) is 0 Å². The van der Waals surface area contributed by atoms with E-state index in [0.717, 1.165) is 22.2 Å². The first kappa shape index (κ1) is 15.2. The smallest absolute Gasteiger partial charge is 0.305 e. The minimum atomic E-state index is -4.47. The number of benzene rings is 2. The van der Waals surface area contributed by atoms with E-state index in [9.17, 15) is 17.6 Å². The van der Waals surface area contributed by atoms with Crippen LogP contribution >= 0.6 is 0 Å². The number of carboxylic acids is 1. The van der Waals surface area contributed by atoms with Crippen LogP contribution in [0.5, 0.6) is 0 Å². The van der Waals surface area contributed by atoms with Gasteiger partial charge in [-0.1, -0.05) is 18.2 Å². The lowest BCUT2D eigenvalue weighted by Crippen LogP contribution is -2.39. The van der Waals surface area contributed by atoms with E-state index in [1.807, 2.05) is 28.8 Å². The van der Waals surface area contributed by atoms with Gasteiger partial charge < -0.3 is 9.67 Å². The summed E-state index contributed by atoms with van der Waals surface area (Å²) in [6.45, 7) is 0.292. The highest BCUT2D eigenvalue weighted by Crippen LogP contribution is 2.33. The maximum absolute atomic E-state index is 13.8. The van der Waals surface area contributed by atoms with Crippen molar-refractivity contribution in [2.45, 2.75) is 43.2 Å². The van der Waals surface area contributed by atoms with E-state index in [2.05, 4.69) is 4.72 Å². The minimum Gasteiger partial charge on any atom is -0.481 e. The fraction of sp³-hybridized carbons (Fsp3) is 0.286. The van der Waals surface area contributed by atoms with Gasteiger partial charge >= 0.3 is 5.97 Å². The number of nitrogens with zero attached hydrogens (tertiary/aromatic N) is 1. The molecular formula is C21H21FN2O4S. The molecule has 6 nitrogen and oxygen atoms in total. The maximum atomic E-state index is 13.8. The van der Waals surface area contributed by atoms with E-state index < -0.39 is 56.9 Å². The van der Waals surface area contributed by atoms with Gasteiger partial charge in [0.2, 0.25) is 10.0 Å². The Bertz CT molecular complexity index is 1360. The molecule has 0 aliphatic heterocycles. The summed E-state index contributed by atoms with van der Waals surface area (Å²) in [5.74, 6) is -2.32. The SMILES string of the molecule is [2H]c1c([2H])c(S(=O)(=O)N[C@@H]2CCc3c(c4ccccc4n3CCC(=O)O)C2)c([2H])c([2H])c1F. The van der Waals surface area contributed by atoms with Crippen LogP contribution in [0.15, 0.2) is 53.3 Å². The van der Waals surface area contributed by atoms with Crippen LogP contribution in [-0.4, -0.2) is 30.1 Å². The number of fused-ring (bicyclic) bond motifs is 3. The fourth-order valence-corrected chi connectivity index (χ4v) is 4.99. The van der Waals surface area contributed by atoms with Gasteiger partial charge in [-0.05, 0) is 55.1 Å². The van der Waals surface area contributed by atoms with Crippen molar-refractivity contribution in [2.24, 2.45) is 0 Å². The van der Waals surface area contributed by atoms with Crippen molar-refractivity contribution in [1.29, 1.82) is 0 Å². The van der Waals surface area contributed by atoms with Crippen LogP contribution in [-0.2, 0) is 34.2 Å². The van der Waals surface area contributed by atoms with Gasteiger partial charge in [0, 0.05) is 29.2 Å². The molecule has 0 amide bonds. The van der Waals surface area contributed by atoms with Crippen molar-refractivity contribution >= 4 is 26.9 Å². The molecule has 0 bridgehead atoms. The Kier molecular flexibility index (Phi) is 3.98. The Morgan fingerprint density at radius 1 is 1.28 bits per heavy atom. The molecule has 2 aromatic carbocycles. The van der Waals surface area contributed by atoms with Crippen LogP contribution in [0.1, 0.15) is 29.6 Å². The van der Waals surface area contributed by atoms with Gasteiger partial charge in [-0.25, -0.2) is 17.5 Å². The second-order valence-corrected chi connectivity index (χ2v) is 8.59. The molecular weight excluding hydrogens is 395 g/mol. The Morgan fingerprint density at radius 3 is 2.72 bits per heavy atom. The molecule has 2 N–H and O–H groups in total. The number of sulfonamides is 1. The monoisotopic (exact) mass is 420 g/mol. The lowest BCUT2D eigenvalue weighted by molar-refractivity contribution is -0.137. The molecule has 152 valence electrons. The number of aromatic nitrogens is 1. The van der Waals surface area contributed by atoms with Crippen LogP contribution in [0.2, 0.25) is 0 Å². The number of nitrogens with one attached hydrogen (secondary N) is 1. The largest absolute Gasteiger partial charge is 0.481 e. The average molecular weight is 420 g/mol. The molecule has 1 aliphatic carbocycles. The molecule has 29 heavy (non-hydrogen) atoms. The maximum Gasteiger partial charge on any atom is 0.305 e. The third-order valence-corrected chi connectivity index (χ3v) is 6.47. The average Bonchev–Trinajstić information content (AvgIpc) is 3.07. The predicted octanol–water partition coefficient (Wildman–Crippen LogP) is 3.09. The highest BCUT2D eigenvalue weighted by molar-refractivity contribution is 7.89. The van der Waals surface area contributed by atoms with Crippen molar-refractivity contribution in [1.82, 2.24) is 9.29 Å². The zero-order valence-electron chi connectivity index (χ0n) is 19.3. The van der Waals surface area contributed by atoms with Crippen LogP contribution in [0.25, 0.3) is 10.9 Å². The first-order chi connectivity index (χ1) is 15.5. The number of carboxylic acid groups (broad SMARTS) is 1. The summed E-state index contributed by atoms with van der Waals surface area (Å²) in [5, 5.41) is 9.99. The molecule has 1 atom stereocenters. The molecule has 1 aliphatic rings. The normalized spacial score (nSPS) is 18.6. The predicted molar refractivity (Wildman–Crippen MR) is 107 cm³/mol. The van der Waals surface area contributed by atoms with E-state index in [1.165, 1.54) is 0 Å². The van der Waals surface area contributed by atoms with Crippen LogP contribution < -0.4 is 4.72 Å². The topological polar surface area (TPSA) is 88.4 Å². The second-order valence-electron chi connectivity index (χ2n) is 6.94. The standard InChI is InChI=1S/C21H21FN2O4S/c22-14-5-8-16(9-6-14)29(27,28)23-15-7-10-20-18(13-15)17-3-1-2-4-19(17)24(20)12-11-21(25)26/h1-6,8-9,15,23H,7,10-13H2,(H,25,26)/t15-/m1/s1/i5D,6D,8D,9D. The number of para-hydroxylation sites is 1. The molecule has 0 saturated heterocycles. The van der Waals surface area contributed by atoms with E-state index >= 15 is 0 Å². The Labute approximate surface area is 173 Å². The van der Waals surface area contributed by atoms with Gasteiger partial charge in [-0.15, -0.1) is 0 Å². The number of aliphatic carboxylic acids is 1. The minimum absolute atomic E-state index is 0.0464. The van der Waals surface area contributed by atoms with E-state index in [4.69, 9.17) is 10.6 Å². The summed E-state index contributed by atoms with van der Waals surface area (Å²) >= 11 is 0. The van der Waals surface area contributed by atoms with Crippen LogP contribution in [0, 0.1) is 5.82 Å². The van der Waals surface area contributed by atoms with Crippen LogP contribution in [0.4, 0.5) is 4.39 Å². The Balaban J connectivity index is 1.68. The lowest BCUT2D eigenvalue weighted by Gasteiger charge is -2.25. The summed E-state index contributed by atoms with van der Waals surface area (Å²) < 4.78 is 75.1. The second kappa shape index (κ2) is 7.61. The third kappa shape index (κ3) is 3.90. The molecule has 1 aromatic heterocycles. The highest BCUT2D eigenvalue weighted by atomic mass is 32.2. The molecule has 0 fully saturated rings. The summed E-state index contributed by atoms with van der Waals surface area (Å²) in [4.78, 5) is 10.2. The van der Waals surface area contributed by atoms with Gasteiger partial charge in [0.05, 0.1) is 16.8 Å². The van der Waals surface area contributed by atoms with Gasteiger partial charge in [0.15, 0.2) is 0 Å². The zero-order valence-corrected chi connectivity index (χ0v) is 16.1. The summed E-state index contributed by atoms with van der Waals surface area (Å²) in [7, 11) is -4.47. The van der Waals surface area contributed by atoms with Crippen molar-refractivity contribution in [2.75, 3.05) is 0 Å². The number of carbonyl (C=O) groups is 1. The molecule has 4 rings (SSSR count). The molecule has 0 saturated carbocycles. The van der Waals surface area contributed by atoms with E-state index in [0.29, 0.717) is 25.8 Å². The highest BCUT2D eigenvalue weighted by Gasteiger charge is 2.28. The summed E-state index contributed by atoms with van der Waals surface area (Å²) in [6, 6.07) is 2.90. The molecule has 8 heteroatoms. The zero-order chi connectivity index (χ0) is 24.1. The Morgan fingerprint density at radius 2 is 2.00 bits per heavy atom. The molecule has 1 heterocycles. The molecule has 0 radical (unpaired) electrons. The van der Waals surface area contributed by atoms with E-state index in [-0.39, 0.29) is 6.42 Å². The van der Waals surface area contributed by atoms with Crippen molar-refractivity contribution in [3.8, 4) is 0 Å². The van der Waals surface area contributed by atoms with Gasteiger partial charge in [0.25, 0.3) is 0 Å². The third-order valence-electron chi connectivity index (χ3n) is 5.09. The number of aryl methyl sites for hydroxylation is 1. The molecule has 0 spiro atoms. The number of halogens is 1. The number of rotatable bonds is 6. The van der Waals surface area contributed by atoms with Gasteiger partial charge in [-0.2, -0.15) is 0 Å². The van der Waals surface area contributed by atoms with Gasteiger partial charge in [-0.3, -0.25) is 4.79 Å². The number of hydrogen-bond donors (Lipinski definition) is 2. The van der Waals surface area contributed by atoms with Gasteiger partial charge in [0.1, 0.15) is 5.82 Å². The first-order valence-electron chi connectivity index (χ1n) is 11.1. The van der Waals surface area contributed by atoms with Crippen molar-refractivity contribution in [3.63, 3.8) is 0 Å². The summed E-state index contributed by atoms with van der Waals surface area (Å²) in [6.07, 6.45) is 1.13. The number of hydrogen-bond acceptors (Lipinski definition) is 3. The first-order valence-corrected chi connectivity index (χ1v) is 10.6. The fourth-order valence-electron chi connectivity index (χ4n) is 3.86. The van der Waals surface area contributed by atoms with Crippen molar-refractivity contribution < 1.29 is 28.2 Å².